The Morgan fingerprint density at radius 3 is 2.33 bits per heavy atom. The smallest absolute Gasteiger partial charge is 0.0298 e. The molecule has 0 radical (unpaired) electrons. The van der Waals surface area contributed by atoms with Crippen LogP contribution in [0.25, 0.3) is 0 Å². The Bertz CT molecular complexity index is 145. The van der Waals surface area contributed by atoms with Gasteiger partial charge in [0.2, 0.25) is 0 Å². The summed E-state index contributed by atoms with van der Waals surface area (Å²) in [5.41, 5.74) is 0.467. The van der Waals surface area contributed by atoms with Crippen molar-refractivity contribution < 1.29 is 0 Å². The average molecular weight is 167 g/mol. The summed E-state index contributed by atoms with van der Waals surface area (Å²) in [6.07, 6.45) is 8.97. The van der Waals surface area contributed by atoms with E-state index in [1.54, 1.807) is 0 Å². The number of rotatable bonds is 3. The zero-order valence-electron chi connectivity index (χ0n) is 8.40. The largest absolute Gasteiger partial charge is 0.313 e. The van der Waals surface area contributed by atoms with Gasteiger partial charge in [-0.05, 0) is 25.3 Å². The molecular formula is C11H21N. The van der Waals surface area contributed by atoms with Crippen LogP contribution in [0.3, 0.4) is 0 Å². The van der Waals surface area contributed by atoms with E-state index in [2.05, 4.69) is 24.9 Å². The van der Waals surface area contributed by atoms with Crippen LogP contribution in [0, 0.1) is 5.41 Å². The first-order valence-corrected chi connectivity index (χ1v) is 5.03. The highest BCUT2D eigenvalue weighted by Gasteiger charge is 2.32. The van der Waals surface area contributed by atoms with Crippen molar-refractivity contribution in [3.63, 3.8) is 0 Å². The Balaban J connectivity index is 2.59. The van der Waals surface area contributed by atoms with E-state index in [0.717, 1.165) is 0 Å². The predicted molar refractivity (Wildman–Crippen MR) is 54.2 cm³/mol. The molecule has 0 bridgehead atoms. The summed E-state index contributed by atoms with van der Waals surface area (Å²) in [6, 6.07) is 0.498. The molecule has 12 heavy (non-hydrogen) atoms. The summed E-state index contributed by atoms with van der Waals surface area (Å²) in [5.74, 6) is 0. The van der Waals surface area contributed by atoms with Crippen molar-refractivity contribution in [2.45, 2.75) is 45.1 Å². The number of nitrogens with one attached hydrogen (secondary N) is 1. The Kier molecular flexibility index (Phi) is 3.33. The summed E-state index contributed by atoms with van der Waals surface area (Å²) < 4.78 is 0. The molecule has 0 amide bonds. The first kappa shape index (κ1) is 9.79. The van der Waals surface area contributed by atoms with E-state index in [4.69, 9.17) is 0 Å². The molecule has 0 aliphatic heterocycles. The first-order valence-electron chi connectivity index (χ1n) is 5.03. The third-order valence-electron chi connectivity index (χ3n) is 3.29. The molecule has 0 aromatic carbocycles. The number of likely N-dealkylation sites (N-methyl/N-ethyl adjacent to an activating group) is 1. The predicted octanol–water partition coefficient (Wildman–Crippen LogP) is 2.73. The van der Waals surface area contributed by atoms with Crippen LogP contribution < -0.4 is 5.32 Å². The van der Waals surface area contributed by atoms with Crippen LogP contribution in [0.1, 0.15) is 39.0 Å². The van der Waals surface area contributed by atoms with E-state index in [9.17, 15) is 0 Å². The van der Waals surface area contributed by atoms with Crippen molar-refractivity contribution in [2.24, 2.45) is 5.41 Å². The van der Waals surface area contributed by atoms with Gasteiger partial charge in [-0.2, -0.15) is 0 Å². The van der Waals surface area contributed by atoms with E-state index < -0.39 is 0 Å². The molecule has 1 rings (SSSR count). The Morgan fingerprint density at radius 1 is 1.33 bits per heavy atom. The fraction of sp³-hybridized carbons (Fsp3) is 0.818. The summed E-state index contributed by atoms with van der Waals surface area (Å²) in [4.78, 5) is 0. The van der Waals surface area contributed by atoms with Gasteiger partial charge in [-0.1, -0.05) is 32.3 Å². The summed E-state index contributed by atoms with van der Waals surface area (Å²) >= 11 is 0. The quantitative estimate of drug-likeness (QED) is 0.637. The van der Waals surface area contributed by atoms with E-state index in [-0.39, 0.29) is 0 Å². The Hall–Kier alpha value is -0.300. The van der Waals surface area contributed by atoms with Crippen LogP contribution >= 0.6 is 0 Å². The molecule has 1 aliphatic rings. The van der Waals surface area contributed by atoms with Crippen molar-refractivity contribution in [1.82, 2.24) is 5.32 Å². The molecule has 70 valence electrons. The third kappa shape index (κ3) is 1.89. The van der Waals surface area contributed by atoms with Crippen molar-refractivity contribution in [3.05, 3.63) is 12.7 Å². The van der Waals surface area contributed by atoms with Gasteiger partial charge in [0.25, 0.3) is 0 Å². The lowest BCUT2D eigenvalue weighted by Gasteiger charge is -2.39. The zero-order valence-corrected chi connectivity index (χ0v) is 8.40. The Labute approximate surface area is 76.2 Å². The highest BCUT2D eigenvalue weighted by molar-refractivity contribution is 4.98. The highest BCUT2D eigenvalue weighted by Crippen LogP contribution is 2.38. The second kappa shape index (κ2) is 4.08. The first-order chi connectivity index (χ1) is 5.73. The lowest BCUT2D eigenvalue weighted by atomic mass is 9.70. The summed E-state index contributed by atoms with van der Waals surface area (Å²) in [7, 11) is 2.03. The fourth-order valence-electron chi connectivity index (χ4n) is 2.42. The van der Waals surface area contributed by atoms with Gasteiger partial charge in [-0.3, -0.25) is 0 Å². The number of hydrogen-bond acceptors (Lipinski definition) is 1. The monoisotopic (exact) mass is 167 g/mol. The molecule has 1 N–H and O–H groups in total. The molecule has 1 heteroatoms. The van der Waals surface area contributed by atoms with Gasteiger partial charge in [0.05, 0.1) is 0 Å². The molecule has 0 aromatic rings. The van der Waals surface area contributed by atoms with Crippen molar-refractivity contribution >= 4 is 0 Å². The SMILES string of the molecule is C=CC(NC)C1(C)CCCCC1. The van der Waals surface area contributed by atoms with Gasteiger partial charge in [-0.15, -0.1) is 6.58 Å². The molecule has 0 heterocycles. The summed E-state index contributed by atoms with van der Waals surface area (Å²) in [6.45, 7) is 6.27. The molecule has 1 aliphatic carbocycles. The molecular weight excluding hydrogens is 146 g/mol. The second-order valence-electron chi connectivity index (χ2n) is 4.22. The van der Waals surface area contributed by atoms with Crippen LogP contribution in [-0.4, -0.2) is 13.1 Å². The molecule has 1 saturated carbocycles. The minimum atomic E-state index is 0.467. The van der Waals surface area contributed by atoms with Gasteiger partial charge >= 0.3 is 0 Å². The maximum atomic E-state index is 3.89. The highest BCUT2D eigenvalue weighted by atomic mass is 14.9. The van der Waals surface area contributed by atoms with Gasteiger partial charge in [0.15, 0.2) is 0 Å². The van der Waals surface area contributed by atoms with Crippen LogP contribution in [0.5, 0.6) is 0 Å². The normalized spacial score (nSPS) is 24.8. The van der Waals surface area contributed by atoms with Gasteiger partial charge in [-0.25, -0.2) is 0 Å². The van der Waals surface area contributed by atoms with Crippen molar-refractivity contribution in [2.75, 3.05) is 7.05 Å². The summed E-state index contributed by atoms with van der Waals surface area (Å²) in [5, 5.41) is 3.34. The second-order valence-corrected chi connectivity index (χ2v) is 4.22. The minimum Gasteiger partial charge on any atom is -0.313 e. The number of hydrogen-bond donors (Lipinski definition) is 1. The molecule has 0 spiro atoms. The van der Waals surface area contributed by atoms with E-state index in [0.29, 0.717) is 11.5 Å². The fourth-order valence-corrected chi connectivity index (χ4v) is 2.42. The minimum absolute atomic E-state index is 0.467. The molecule has 1 atom stereocenters. The van der Waals surface area contributed by atoms with Crippen LogP contribution in [0.4, 0.5) is 0 Å². The molecule has 1 fully saturated rings. The average Bonchev–Trinajstić information content (AvgIpc) is 2.07. The van der Waals surface area contributed by atoms with Gasteiger partial charge in [0, 0.05) is 6.04 Å². The molecule has 0 aromatic heterocycles. The van der Waals surface area contributed by atoms with Gasteiger partial charge in [0.1, 0.15) is 0 Å². The van der Waals surface area contributed by atoms with Crippen molar-refractivity contribution in [3.8, 4) is 0 Å². The zero-order chi connectivity index (χ0) is 9.03. The van der Waals surface area contributed by atoms with Crippen LogP contribution in [-0.2, 0) is 0 Å². The van der Waals surface area contributed by atoms with E-state index in [1.807, 2.05) is 7.05 Å². The Morgan fingerprint density at radius 2 is 1.92 bits per heavy atom. The lowest BCUT2D eigenvalue weighted by molar-refractivity contribution is 0.176. The maximum Gasteiger partial charge on any atom is 0.0298 e. The molecule has 1 nitrogen and oxygen atoms in total. The van der Waals surface area contributed by atoms with Crippen molar-refractivity contribution in [1.29, 1.82) is 0 Å². The topological polar surface area (TPSA) is 12.0 Å². The molecule has 0 saturated heterocycles. The standard InChI is InChI=1S/C11H21N/c1-4-10(12-3)11(2)8-6-5-7-9-11/h4,10,12H,1,5-9H2,2-3H3. The third-order valence-corrected chi connectivity index (χ3v) is 3.29. The lowest BCUT2D eigenvalue weighted by Crippen LogP contribution is -2.41. The van der Waals surface area contributed by atoms with Gasteiger partial charge < -0.3 is 5.32 Å². The van der Waals surface area contributed by atoms with E-state index in [1.165, 1.54) is 32.1 Å². The maximum absolute atomic E-state index is 3.89. The van der Waals surface area contributed by atoms with E-state index >= 15 is 0 Å². The van der Waals surface area contributed by atoms with Crippen LogP contribution in [0.15, 0.2) is 12.7 Å². The van der Waals surface area contributed by atoms with Crippen LogP contribution in [0.2, 0.25) is 0 Å². The molecule has 1 unspecified atom stereocenters.